The third kappa shape index (κ3) is 4.55. The number of rotatable bonds is 6. The molecule has 0 heterocycles. The molecule has 6 nitrogen and oxygen atoms in total. The van der Waals surface area contributed by atoms with Gasteiger partial charge in [0.25, 0.3) is 5.91 Å². The molecule has 0 bridgehead atoms. The summed E-state index contributed by atoms with van der Waals surface area (Å²) in [5.74, 6) is 1.04. The van der Waals surface area contributed by atoms with Crippen molar-refractivity contribution in [3.63, 3.8) is 0 Å². The van der Waals surface area contributed by atoms with Crippen molar-refractivity contribution in [1.82, 2.24) is 0 Å². The first-order valence-electron chi connectivity index (χ1n) is 7.37. The Balaban J connectivity index is 2.07. The van der Waals surface area contributed by atoms with Crippen molar-refractivity contribution in [2.24, 2.45) is 0 Å². The molecule has 7 heteroatoms. The van der Waals surface area contributed by atoms with E-state index in [-0.39, 0.29) is 10.9 Å². The van der Waals surface area contributed by atoms with Gasteiger partial charge in [-0.2, -0.15) is 5.26 Å². The average Bonchev–Trinajstić information content (AvgIpc) is 2.62. The first-order valence-corrected chi connectivity index (χ1v) is 7.75. The number of carbonyl (C=O) groups is 1. The van der Waals surface area contributed by atoms with Crippen LogP contribution in [0.25, 0.3) is 0 Å². The third-order valence-corrected chi connectivity index (χ3v) is 3.68. The minimum atomic E-state index is -0.793. The van der Waals surface area contributed by atoms with Crippen LogP contribution in [-0.4, -0.2) is 26.2 Å². The molecule has 2 rings (SSSR count). The zero-order chi connectivity index (χ0) is 18.4. The van der Waals surface area contributed by atoms with Crippen LogP contribution in [0.15, 0.2) is 36.4 Å². The summed E-state index contributed by atoms with van der Waals surface area (Å²) in [7, 11) is 3.05. The maximum absolute atomic E-state index is 12.3. The Labute approximate surface area is 150 Å². The van der Waals surface area contributed by atoms with E-state index in [1.54, 1.807) is 37.3 Å². The number of hydrogen-bond acceptors (Lipinski definition) is 5. The van der Waals surface area contributed by atoms with E-state index in [2.05, 4.69) is 5.32 Å². The van der Waals surface area contributed by atoms with Crippen LogP contribution in [0.2, 0.25) is 5.02 Å². The van der Waals surface area contributed by atoms with Crippen molar-refractivity contribution in [3.8, 4) is 23.3 Å². The zero-order valence-electron chi connectivity index (χ0n) is 14.0. The van der Waals surface area contributed by atoms with Gasteiger partial charge in [-0.1, -0.05) is 11.6 Å². The van der Waals surface area contributed by atoms with E-state index < -0.39 is 6.10 Å². The number of amides is 1. The van der Waals surface area contributed by atoms with E-state index in [1.165, 1.54) is 20.3 Å². The SMILES string of the molecule is COc1ccc(NC(=O)[C@@H](C)Oc2ccc(C#N)cc2Cl)cc1OC. The minimum Gasteiger partial charge on any atom is -0.493 e. The van der Waals surface area contributed by atoms with E-state index in [0.29, 0.717) is 28.5 Å². The molecule has 0 aromatic heterocycles. The van der Waals surface area contributed by atoms with Gasteiger partial charge in [-0.3, -0.25) is 4.79 Å². The molecule has 0 saturated carbocycles. The Morgan fingerprint density at radius 2 is 1.80 bits per heavy atom. The molecule has 25 heavy (non-hydrogen) atoms. The number of nitriles is 1. The number of methoxy groups -OCH3 is 2. The fraction of sp³-hybridized carbons (Fsp3) is 0.222. The van der Waals surface area contributed by atoms with Gasteiger partial charge in [0.2, 0.25) is 0 Å². The van der Waals surface area contributed by atoms with Crippen LogP contribution in [0.5, 0.6) is 17.2 Å². The van der Waals surface area contributed by atoms with Crippen molar-refractivity contribution in [1.29, 1.82) is 5.26 Å². The molecule has 2 aromatic carbocycles. The minimum absolute atomic E-state index is 0.268. The van der Waals surface area contributed by atoms with Crippen molar-refractivity contribution in [2.45, 2.75) is 13.0 Å². The molecule has 0 radical (unpaired) electrons. The van der Waals surface area contributed by atoms with Crippen LogP contribution in [0.1, 0.15) is 12.5 Å². The van der Waals surface area contributed by atoms with E-state index in [4.69, 9.17) is 31.1 Å². The summed E-state index contributed by atoms with van der Waals surface area (Å²) in [6.45, 7) is 1.60. The lowest BCUT2D eigenvalue weighted by Gasteiger charge is -2.16. The maximum atomic E-state index is 12.3. The number of nitrogens with one attached hydrogen (secondary N) is 1. The van der Waals surface area contributed by atoms with Gasteiger partial charge in [0.05, 0.1) is 30.9 Å². The van der Waals surface area contributed by atoms with Crippen LogP contribution in [0, 0.1) is 11.3 Å². The normalized spacial score (nSPS) is 11.2. The Morgan fingerprint density at radius 1 is 1.12 bits per heavy atom. The summed E-state index contributed by atoms with van der Waals surface area (Å²) < 4.78 is 15.9. The fourth-order valence-electron chi connectivity index (χ4n) is 2.07. The van der Waals surface area contributed by atoms with Gasteiger partial charge in [-0.05, 0) is 37.3 Å². The average molecular weight is 361 g/mol. The number of ether oxygens (including phenoxy) is 3. The van der Waals surface area contributed by atoms with Crippen molar-refractivity contribution < 1.29 is 19.0 Å². The molecular weight excluding hydrogens is 344 g/mol. The summed E-state index contributed by atoms with van der Waals surface area (Å²) in [4.78, 5) is 12.3. The second kappa shape index (κ2) is 8.27. The van der Waals surface area contributed by atoms with Gasteiger partial charge in [0, 0.05) is 11.8 Å². The van der Waals surface area contributed by atoms with Gasteiger partial charge >= 0.3 is 0 Å². The Hall–Kier alpha value is -2.91. The molecule has 130 valence electrons. The zero-order valence-corrected chi connectivity index (χ0v) is 14.8. The number of hydrogen-bond donors (Lipinski definition) is 1. The monoisotopic (exact) mass is 360 g/mol. The molecule has 0 saturated heterocycles. The molecular formula is C18H17ClN2O4. The summed E-state index contributed by atoms with van der Waals surface area (Å²) in [5.41, 5.74) is 0.962. The molecule has 0 unspecified atom stereocenters. The van der Waals surface area contributed by atoms with Gasteiger partial charge < -0.3 is 19.5 Å². The van der Waals surface area contributed by atoms with Gasteiger partial charge in [-0.25, -0.2) is 0 Å². The van der Waals surface area contributed by atoms with Crippen molar-refractivity contribution in [3.05, 3.63) is 47.0 Å². The highest BCUT2D eigenvalue weighted by Crippen LogP contribution is 2.30. The highest BCUT2D eigenvalue weighted by molar-refractivity contribution is 6.32. The summed E-state index contributed by atoms with van der Waals surface area (Å²) in [6.07, 6.45) is -0.793. The van der Waals surface area contributed by atoms with E-state index in [0.717, 1.165) is 0 Å². The molecule has 1 amide bonds. The summed E-state index contributed by atoms with van der Waals surface area (Å²) >= 11 is 6.05. The molecule has 0 aliphatic rings. The quantitative estimate of drug-likeness (QED) is 0.850. The largest absolute Gasteiger partial charge is 0.493 e. The lowest BCUT2D eigenvalue weighted by molar-refractivity contribution is -0.122. The Morgan fingerprint density at radius 3 is 2.40 bits per heavy atom. The molecule has 1 atom stereocenters. The highest BCUT2D eigenvalue weighted by atomic mass is 35.5. The van der Waals surface area contributed by atoms with Crippen molar-refractivity contribution >= 4 is 23.2 Å². The predicted molar refractivity (Wildman–Crippen MR) is 94.4 cm³/mol. The topological polar surface area (TPSA) is 80.6 Å². The number of benzene rings is 2. The van der Waals surface area contributed by atoms with Crippen LogP contribution in [0.4, 0.5) is 5.69 Å². The molecule has 0 spiro atoms. The smallest absolute Gasteiger partial charge is 0.265 e. The van der Waals surface area contributed by atoms with Crippen LogP contribution < -0.4 is 19.5 Å². The summed E-state index contributed by atoms with van der Waals surface area (Å²) in [5, 5.41) is 11.8. The first kappa shape index (κ1) is 18.4. The third-order valence-electron chi connectivity index (χ3n) is 3.39. The second-order valence-corrected chi connectivity index (χ2v) is 5.48. The lowest BCUT2D eigenvalue weighted by atomic mass is 10.2. The maximum Gasteiger partial charge on any atom is 0.265 e. The number of nitrogens with zero attached hydrogens (tertiary/aromatic N) is 1. The second-order valence-electron chi connectivity index (χ2n) is 5.08. The molecule has 0 aliphatic heterocycles. The Kier molecular flexibility index (Phi) is 6.09. The molecule has 1 N–H and O–H groups in total. The lowest BCUT2D eigenvalue weighted by Crippen LogP contribution is -2.30. The van der Waals surface area contributed by atoms with Crippen molar-refractivity contribution in [2.75, 3.05) is 19.5 Å². The van der Waals surface area contributed by atoms with Crippen LogP contribution in [0.3, 0.4) is 0 Å². The standard InChI is InChI=1S/C18H17ClN2O4/c1-11(25-15-6-4-12(10-20)8-14(15)19)18(22)21-13-5-7-16(23-2)17(9-13)24-3/h4-9,11H,1-3H3,(H,21,22)/t11-/m1/s1. The molecule has 0 fully saturated rings. The number of halogens is 1. The van der Waals surface area contributed by atoms with Gasteiger partial charge in [0.1, 0.15) is 5.75 Å². The van der Waals surface area contributed by atoms with E-state index >= 15 is 0 Å². The number of carbonyl (C=O) groups excluding carboxylic acids is 1. The number of anilines is 1. The van der Waals surface area contributed by atoms with Gasteiger partial charge in [0.15, 0.2) is 17.6 Å². The van der Waals surface area contributed by atoms with E-state index in [9.17, 15) is 4.79 Å². The van der Waals surface area contributed by atoms with E-state index in [1.807, 2.05) is 6.07 Å². The molecule has 0 aliphatic carbocycles. The summed E-state index contributed by atoms with van der Waals surface area (Å²) in [6, 6.07) is 11.6. The van der Waals surface area contributed by atoms with Gasteiger partial charge in [-0.15, -0.1) is 0 Å². The predicted octanol–water partition coefficient (Wildman–Crippen LogP) is 3.63. The fourth-order valence-corrected chi connectivity index (χ4v) is 2.29. The van der Waals surface area contributed by atoms with Crippen LogP contribution >= 0.6 is 11.6 Å². The first-order chi connectivity index (χ1) is 12.0. The molecule has 2 aromatic rings. The highest BCUT2D eigenvalue weighted by Gasteiger charge is 2.17. The van der Waals surface area contributed by atoms with Crippen LogP contribution in [-0.2, 0) is 4.79 Å². The Bertz CT molecular complexity index is 817.